The van der Waals surface area contributed by atoms with Gasteiger partial charge >= 0.3 is 6.18 Å². The van der Waals surface area contributed by atoms with E-state index in [-0.39, 0.29) is 0 Å². The van der Waals surface area contributed by atoms with Crippen LogP contribution in [-0.2, 0) is 12.7 Å². The summed E-state index contributed by atoms with van der Waals surface area (Å²) in [6.45, 7) is 1.56. The number of anilines is 2. The number of hydrogen-bond acceptors (Lipinski definition) is 5. The monoisotopic (exact) mass is 522 g/mol. The van der Waals surface area contributed by atoms with Crippen LogP contribution in [0.25, 0.3) is 16.6 Å². The van der Waals surface area contributed by atoms with Crippen molar-refractivity contribution in [2.45, 2.75) is 44.4 Å². The zero-order chi connectivity index (χ0) is 26.7. The molecule has 4 aromatic rings. The molecule has 0 atom stereocenters. The van der Waals surface area contributed by atoms with E-state index in [4.69, 9.17) is 9.97 Å². The highest BCUT2D eigenvalue weighted by Gasteiger charge is 2.30. The largest absolute Gasteiger partial charge is 0.416 e. The van der Waals surface area contributed by atoms with E-state index in [1.807, 2.05) is 66.2 Å². The van der Waals surface area contributed by atoms with Gasteiger partial charge in [-0.3, -0.25) is 0 Å². The van der Waals surface area contributed by atoms with E-state index in [1.165, 1.54) is 12.1 Å². The molecule has 0 radical (unpaired) electrons. The van der Waals surface area contributed by atoms with Crippen molar-refractivity contribution in [1.82, 2.24) is 19.9 Å². The minimum Gasteiger partial charge on any atom is -0.362 e. The highest BCUT2D eigenvalue weighted by molar-refractivity contribution is 5.90. The van der Waals surface area contributed by atoms with Crippen molar-refractivity contribution < 1.29 is 13.2 Å². The van der Waals surface area contributed by atoms with E-state index in [1.54, 1.807) is 0 Å². The molecule has 0 amide bonds. The molecule has 2 aromatic heterocycles. The van der Waals surface area contributed by atoms with Crippen molar-refractivity contribution >= 4 is 22.7 Å². The Hall–Kier alpha value is -3.59. The SMILES string of the molecule is CN(C)c1nc(N[C@H]2CC[C@@H](CNCc3cccn3-c3ccc(C(F)(F)F)cc3)CC2)nc2ccccc12. The van der Waals surface area contributed by atoms with E-state index in [9.17, 15) is 13.2 Å². The molecule has 0 bridgehead atoms. The lowest BCUT2D eigenvalue weighted by Gasteiger charge is -2.29. The second-order valence-electron chi connectivity index (χ2n) is 10.2. The molecule has 9 heteroatoms. The summed E-state index contributed by atoms with van der Waals surface area (Å²) >= 11 is 0. The van der Waals surface area contributed by atoms with Crippen LogP contribution in [0, 0.1) is 5.92 Å². The molecule has 1 aliphatic carbocycles. The highest BCUT2D eigenvalue weighted by Crippen LogP contribution is 2.30. The van der Waals surface area contributed by atoms with Gasteiger partial charge in [0.15, 0.2) is 0 Å². The van der Waals surface area contributed by atoms with Crippen molar-refractivity contribution in [2.24, 2.45) is 5.92 Å². The number of alkyl halides is 3. The average molecular weight is 523 g/mol. The van der Waals surface area contributed by atoms with Gasteiger partial charge in [-0.2, -0.15) is 18.2 Å². The Kier molecular flexibility index (Phi) is 7.56. The molecule has 38 heavy (non-hydrogen) atoms. The second kappa shape index (κ2) is 11.0. The van der Waals surface area contributed by atoms with Crippen molar-refractivity contribution in [3.63, 3.8) is 0 Å². The molecule has 0 aliphatic heterocycles. The Morgan fingerprint density at radius 3 is 2.37 bits per heavy atom. The Labute approximate surface area is 220 Å². The lowest BCUT2D eigenvalue weighted by Crippen LogP contribution is -2.32. The molecule has 0 saturated heterocycles. The van der Waals surface area contributed by atoms with Gasteiger partial charge in [0.2, 0.25) is 5.95 Å². The van der Waals surface area contributed by atoms with Crippen LogP contribution >= 0.6 is 0 Å². The van der Waals surface area contributed by atoms with Crippen LogP contribution in [-0.4, -0.2) is 41.2 Å². The maximum Gasteiger partial charge on any atom is 0.416 e. The van der Waals surface area contributed by atoms with Crippen LogP contribution in [0.2, 0.25) is 0 Å². The first-order valence-electron chi connectivity index (χ1n) is 13.0. The quantitative estimate of drug-likeness (QED) is 0.286. The fourth-order valence-electron chi connectivity index (χ4n) is 5.19. The first-order valence-corrected chi connectivity index (χ1v) is 13.0. The molecule has 5 rings (SSSR count). The summed E-state index contributed by atoms with van der Waals surface area (Å²) in [6.07, 6.45) is 1.89. The summed E-state index contributed by atoms with van der Waals surface area (Å²) in [5.74, 6) is 2.17. The number of benzene rings is 2. The van der Waals surface area contributed by atoms with Crippen LogP contribution in [0.4, 0.5) is 24.9 Å². The first kappa shape index (κ1) is 26.0. The van der Waals surface area contributed by atoms with Gasteiger partial charge in [-0.05, 0) is 86.7 Å². The van der Waals surface area contributed by atoms with Crippen molar-refractivity contribution in [2.75, 3.05) is 30.9 Å². The van der Waals surface area contributed by atoms with E-state index in [2.05, 4.69) is 10.6 Å². The number of nitrogens with zero attached hydrogens (tertiary/aromatic N) is 4. The fraction of sp³-hybridized carbons (Fsp3) is 0.379. The number of para-hydroxylation sites is 1. The summed E-state index contributed by atoms with van der Waals surface area (Å²) < 4.78 is 40.6. The third-order valence-electron chi connectivity index (χ3n) is 7.23. The topological polar surface area (TPSA) is 58.0 Å². The maximum atomic E-state index is 12.9. The summed E-state index contributed by atoms with van der Waals surface area (Å²) in [5.41, 5.74) is 2.04. The number of fused-ring (bicyclic) bond motifs is 1. The Morgan fingerprint density at radius 2 is 1.66 bits per heavy atom. The standard InChI is InChI=1S/C29H33F3N6/c1-37(2)27-25-7-3-4-8-26(25)35-28(36-27)34-22-13-9-20(10-14-22)18-33-19-24-6-5-17-38(24)23-15-11-21(12-16-23)29(30,31)32/h3-8,11-12,15-17,20,22,33H,9-10,13-14,18-19H2,1-2H3,(H,34,35,36)/t20-,22+. The van der Waals surface area contributed by atoms with Crippen molar-refractivity contribution in [1.29, 1.82) is 0 Å². The summed E-state index contributed by atoms with van der Waals surface area (Å²) in [4.78, 5) is 11.5. The van der Waals surface area contributed by atoms with Gasteiger partial charge in [-0.1, -0.05) is 12.1 Å². The molecular weight excluding hydrogens is 489 g/mol. The molecule has 1 fully saturated rings. The average Bonchev–Trinajstić information content (AvgIpc) is 3.37. The molecule has 1 aliphatic rings. The van der Waals surface area contributed by atoms with Crippen LogP contribution in [0.5, 0.6) is 0 Å². The van der Waals surface area contributed by atoms with Gasteiger partial charge in [0.1, 0.15) is 5.82 Å². The number of aromatic nitrogens is 3. The van der Waals surface area contributed by atoms with Gasteiger partial charge in [-0.25, -0.2) is 4.98 Å². The summed E-state index contributed by atoms with van der Waals surface area (Å²) in [5, 5.41) is 8.16. The van der Waals surface area contributed by atoms with Gasteiger partial charge < -0.3 is 20.1 Å². The third-order valence-corrected chi connectivity index (χ3v) is 7.23. The van der Waals surface area contributed by atoms with E-state index in [0.29, 0.717) is 24.5 Å². The summed E-state index contributed by atoms with van der Waals surface area (Å²) in [7, 11) is 3.99. The maximum absolute atomic E-state index is 12.9. The Morgan fingerprint density at radius 1 is 0.921 bits per heavy atom. The van der Waals surface area contributed by atoms with E-state index < -0.39 is 11.7 Å². The Balaban J connectivity index is 1.12. The summed E-state index contributed by atoms with van der Waals surface area (Å²) in [6, 6.07) is 17.6. The number of hydrogen-bond donors (Lipinski definition) is 2. The van der Waals surface area contributed by atoms with Crippen LogP contribution in [0.1, 0.15) is 36.9 Å². The number of halogens is 3. The molecule has 2 N–H and O–H groups in total. The number of rotatable bonds is 8. The predicted molar refractivity (Wildman–Crippen MR) is 146 cm³/mol. The van der Waals surface area contributed by atoms with Crippen LogP contribution in [0.15, 0.2) is 66.9 Å². The van der Waals surface area contributed by atoms with E-state index in [0.717, 1.165) is 72.5 Å². The smallest absolute Gasteiger partial charge is 0.362 e. The van der Waals surface area contributed by atoms with E-state index >= 15 is 0 Å². The minimum atomic E-state index is -4.33. The highest BCUT2D eigenvalue weighted by atomic mass is 19.4. The van der Waals surface area contributed by atoms with Crippen LogP contribution in [0.3, 0.4) is 0 Å². The van der Waals surface area contributed by atoms with Gasteiger partial charge in [0.05, 0.1) is 11.1 Å². The first-order chi connectivity index (χ1) is 18.3. The normalized spacial score (nSPS) is 18.0. The van der Waals surface area contributed by atoms with Gasteiger partial charge in [0, 0.05) is 49.6 Å². The lowest BCUT2D eigenvalue weighted by molar-refractivity contribution is -0.137. The predicted octanol–water partition coefficient (Wildman–Crippen LogP) is 6.27. The van der Waals surface area contributed by atoms with Crippen molar-refractivity contribution in [3.05, 3.63) is 78.1 Å². The fourth-order valence-corrected chi connectivity index (χ4v) is 5.19. The Bertz CT molecular complexity index is 1360. The minimum absolute atomic E-state index is 0.347. The van der Waals surface area contributed by atoms with Crippen LogP contribution < -0.4 is 15.5 Å². The van der Waals surface area contributed by atoms with Gasteiger partial charge in [0.25, 0.3) is 0 Å². The third kappa shape index (κ3) is 5.93. The number of nitrogens with one attached hydrogen (secondary N) is 2. The zero-order valence-electron chi connectivity index (χ0n) is 21.7. The molecule has 1 saturated carbocycles. The van der Waals surface area contributed by atoms with Gasteiger partial charge in [-0.15, -0.1) is 0 Å². The lowest BCUT2D eigenvalue weighted by atomic mass is 9.86. The molecule has 2 heterocycles. The molecular formula is C29H33F3N6. The molecule has 0 unspecified atom stereocenters. The second-order valence-corrected chi connectivity index (χ2v) is 10.2. The zero-order valence-corrected chi connectivity index (χ0v) is 21.7. The molecule has 0 spiro atoms. The van der Waals surface area contributed by atoms with Crippen molar-refractivity contribution in [3.8, 4) is 5.69 Å². The molecule has 200 valence electrons. The molecule has 2 aromatic carbocycles. The molecule has 6 nitrogen and oxygen atoms in total.